The van der Waals surface area contributed by atoms with Gasteiger partial charge in [0.1, 0.15) is 12.4 Å². The molecule has 172 valence electrons. The Hall–Kier alpha value is -3.56. The fourth-order valence-corrected chi connectivity index (χ4v) is 3.66. The standard InChI is InChI=1S/C24H27N5O3S/c1-4-17(3)20-12-22(29(28-20)14-23(30)32-5-2)27-24(31)21(11-18-9-7-6-8-10-18)25-13-19-15-33-16-26-19/h4,6-10,12,15-16,21,25H,1,3,5,11,13-14H2,2H3,(H,27,31). The highest BCUT2D eigenvalue weighted by Gasteiger charge is 2.22. The van der Waals surface area contributed by atoms with Gasteiger partial charge in [-0.25, -0.2) is 9.67 Å². The summed E-state index contributed by atoms with van der Waals surface area (Å²) in [5, 5.41) is 12.5. The molecule has 9 heteroatoms. The Morgan fingerprint density at radius 1 is 1.30 bits per heavy atom. The van der Waals surface area contributed by atoms with Crippen LogP contribution in [-0.2, 0) is 33.8 Å². The molecular formula is C24H27N5O3S. The number of anilines is 1. The maximum absolute atomic E-state index is 13.3. The van der Waals surface area contributed by atoms with Crippen LogP contribution >= 0.6 is 11.3 Å². The van der Waals surface area contributed by atoms with Crippen LogP contribution in [-0.4, -0.2) is 39.3 Å². The number of carbonyl (C=O) groups excluding carboxylic acids is 2. The number of thiazole rings is 1. The molecule has 1 aromatic carbocycles. The summed E-state index contributed by atoms with van der Waals surface area (Å²) in [7, 11) is 0. The first-order valence-corrected chi connectivity index (χ1v) is 11.4. The molecule has 8 nitrogen and oxygen atoms in total. The quantitative estimate of drug-likeness (QED) is 0.314. The Labute approximate surface area is 197 Å². The Morgan fingerprint density at radius 2 is 2.09 bits per heavy atom. The van der Waals surface area contributed by atoms with E-state index in [2.05, 4.69) is 33.9 Å². The number of carbonyl (C=O) groups is 2. The van der Waals surface area contributed by atoms with Gasteiger partial charge in [-0.05, 0) is 24.5 Å². The summed E-state index contributed by atoms with van der Waals surface area (Å²) in [5.74, 6) is -0.330. The molecule has 0 radical (unpaired) electrons. The molecule has 0 aliphatic rings. The third-order valence-corrected chi connectivity index (χ3v) is 5.44. The molecule has 2 N–H and O–H groups in total. The number of ether oxygens (including phenoxy) is 1. The van der Waals surface area contributed by atoms with Crippen LogP contribution in [0.25, 0.3) is 5.57 Å². The van der Waals surface area contributed by atoms with Crippen molar-refractivity contribution in [1.82, 2.24) is 20.1 Å². The van der Waals surface area contributed by atoms with Crippen LogP contribution in [0.4, 0.5) is 5.82 Å². The number of esters is 1. The van der Waals surface area contributed by atoms with Crippen molar-refractivity contribution in [3.8, 4) is 0 Å². The molecule has 0 aliphatic heterocycles. The van der Waals surface area contributed by atoms with Gasteiger partial charge in [0.25, 0.3) is 0 Å². The number of allylic oxidation sites excluding steroid dienone is 2. The first kappa shape index (κ1) is 24.1. The first-order valence-electron chi connectivity index (χ1n) is 10.5. The summed E-state index contributed by atoms with van der Waals surface area (Å²) < 4.78 is 6.44. The second kappa shape index (κ2) is 11.9. The Kier molecular flexibility index (Phi) is 8.68. The van der Waals surface area contributed by atoms with E-state index < -0.39 is 12.0 Å². The predicted octanol–water partition coefficient (Wildman–Crippen LogP) is 3.44. The third kappa shape index (κ3) is 6.96. The monoisotopic (exact) mass is 465 g/mol. The zero-order chi connectivity index (χ0) is 23.6. The smallest absolute Gasteiger partial charge is 0.327 e. The van der Waals surface area contributed by atoms with Crippen molar-refractivity contribution < 1.29 is 14.3 Å². The highest BCUT2D eigenvalue weighted by molar-refractivity contribution is 7.07. The highest BCUT2D eigenvalue weighted by Crippen LogP contribution is 2.19. The second-order valence-corrected chi connectivity index (χ2v) is 7.92. The summed E-state index contributed by atoms with van der Waals surface area (Å²) in [5.41, 5.74) is 4.73. The normalized spacial score (nSPS) is 11.5. The van der Waals surface area contributed by atoms with E-state index in [1.54, 1.807) is 24.6 Å². The molecule has 2 aromatic heterocycles. The average Bonchev–Trinajstić information content (AvgIpc) is 3.47. The van der Waals surface area contributed by atoms with Crippen LogP contribution in [0.2, 0.25) is 0 Å². The van der Waals surface area contributed by atoms with Crippen molar-refractivity contribution in [3.05, 3.63) is 83.5 Å². The molecule has 3 rings (SSSR count). The summed E-state index contributed by atoms with van der Waals surface area (Å²) in [6.45, 7) is 9.92. The van der Waals surface area contributed by atoms with Crippen molar-refractivity contribution in [2.45, 2.75) is 32.5 Å². The molecule has 0 fully saturated rings. The number of hydrogen-bond donors (Lipinski definition) is 2. The lowest BCUT2D eigenvalue weighted by Gasteiger charge is -2.18. The van der Waals surface area contributed by atoms with Crippen molar-refractivity contribution in [2.75, 3.05) is 11.9 Å². The maximum Gasteiger partial charge on any atom is 0.327 e. The maximum atomic E-state index is 13.3. The van der Waals surface area contributed by atoms with Crippen LogP contribution in [0, 0.1) is 0 Å². The summed E-state index contributed by atoms with van der Waals surface area (Å²) in [6.07, 6.45) is 2.05. The molecule has 1 amide bonds. The molecule has 0 saturated heterocycles. The number of amides is 1. The van der Waals surface area contributed by atoms with Crippen molar-refractivity contribution in [3.63, 3.8) is 0 Å². The number of benzene rings is 1. The van der Waals surface area contributed by atoms with Crippen LogP contribution in [0.5, 0.6) is 0 Å². The van der Waals surface area contributed by atoms with Gasteiger partial charge in [-0.2, -0.15) is 5.10 Å². The van der Waals surface area contributed by atoms with Gasteiger partial charge in [0.2, 0.25) is 5.91 Å². The van der Waals surface area contributed by atoms with E-state index in [0.717, 1.165) is 11.3 Å². The zero-order valence-electron chi connectivity index (χ0n) is 18.5. The summed E-state index contributed by atoms with van der Waals surface area (Å²) in [4.78, 5) is 29.6. The van der Waals surface area contributed by atoms with Gasteiger partial charge in [0.05, 0.1) is 29.5 Å². The van der Waals surface area contributed by atoms with Crippen molar-refractivity contribution >= 4 is 34.6 Å². The van der Waals surface area contributed by atoms with Gasteiger partial charge in [-0.3, -0.25) is 14.9 Å². The predicted molar refractivity (Wildman–Crippen MR) is 130 cm³/mol. The zero-order valence-corrected chi connectivity index (χ0v) is 19.3. The van der Waals surface area contributed by atoms with Gasteiger partial charge < -0.3 is 10.1 Å². The van der Waals surface area contributed by atoms with E-state index >= 15 is 0 Å². The van der Waals surface area contributed by atoms with Crippen LogP contribution < -0.4 is 10.6 Å². The summed E-state index contributed by atoms with van der Waals surface area (Å²) in [6, 6.07) is 10.9. The van der Waals surface area contributed by atoms with Crippen molar-refractivity contribution in [2.24, 2.45) is 0 Å². The Balaban J connectivity index is 1.81. The van der Waals surface area contributed by atoms with Gasteiger partial charge >= 0.3 is 5.97 Å². The lowest BCUT2D eigenvalue weighted by Crippen LogP contribution is -2.42. The lowest BCUT2D eigenvalue weighted by atomic mass is 10.1. The minimum atomic E-state index is -0.536. The molecule has 0 spiro atoms. The fourth-order valence-electron chi connectivity index (χ4n) is 3.10. The van der Waals surface area contributed by atoms with E-state index in [1.165, 1.54) is 16.0 Å². The molecule has 1 atom stereocenters. The van der Waals surface area contributed by atoms with Gasteiger partial charge in [0, 0.05) is 18.0 Å². The van der Waals surface area contributed by atoms with Gasteiger partial charge in [-0.15, -0.1) is 11.3 Å². The van der Waals surface area contributed by atoms with Crippen molar-refractivity contribution in [1.29, 1.82) is 0 Å². The largest absolute Gasteiger partial charge is 0.465 e. The van der Waals surface area contributed by atoms with E-state index in [0.29, 0.717) is 30.1 Å². The number of nitrogens with zero attached hydrogens (tertiary/aromatic N) is 3. The molecule has 33 heavy (non-hydrogen) atoms. The fraction of sp³-hybridized carbons (Fsp3) is 0.250. The van der Waals surface area contributed by atoms with Gasteiger partial charge in [-0.1, -0.05) is 49.6 Å². The molecule has 0 bridgehead atoms. The first-order chi connectivity index (χ1) is 16.0. The highest BCUT2D eigenvalue weighted by atomic mass is 32.1. The van der Waals surface area contributed by atoms with E-state index in [1.807, 2.05) is 35.7 Å². The molecule has 0 aliphatic carbocycles. The second-order valence-electron chi connectivity index (χ2n) is 7.20. The van der Waals surface area contributed by atoms with E-state index in [4.69, 9.17) is 4.74 Å². The molecular weight excluding hydrogens is 438 g/mol. The topological polar surface area (TPSA) is 98.1 Å². The minimum Gasteiger partial charge on any atom is -0.465 e. The minimum absolute atomic E-state index is 0.135. The van der Waals surface area contributed by atoms with Gasteiger partial charge in [0.15, 0.2) is 0 Å². The van der Waals surface area contributed by atoms with E-state index in [9.17, 15) is 9.59 Å². The molecule has 2 heterocycles. The van der Waals surface area contributed by atoms with Crippen LogP contribution in [0.3, 0.4) is 0 Å². The number of rotatable bonds is 12. The molecule has 1 unspecified atom stereocenters. The number of aromatic nitrogens is 3. The van der Waals surface area contributed by atoms with Crippen LogP contribution in [0.15, 0.2) is 66.5 Å². The lowest BCUT2D eigenvalue weighted by molar-refractivity contribution is -0.144. The van der Waals surface area contributed by atoms with Crippen LogP contribution in [0.1, 0.15) is 23.9 Å². The Bertz CT molecular complexity index is 1090. The summed E-state index contributed by atoms with van der Waals surface area (Å²) >= 11 is 1.50. The number of hydrogen-bond acceptors (Lipinski definition) is 7. The molecule has 3 aromatic rings. The van der Waals surface area contributed by atoms with E-state index in [-0.39, 0.29) is 19.1 Å². The third-order valence-electron chi connectivity index (χ3n) is 4.80. The SMILES string of the molecule is C=CC(=C)c1cc(NC(=O)C(Cc2ccccc2)NCc2cscn2)n(CC(=O)OCC)n1. The Morgan fingerprint density at radius 3 is 2.76 bits per heavy atom. The molecule has 0 saturated carbocycles. The average molecular weight is 466 g/mol. The number of nitrogens with one attached hydrogen (secondary N) is 2.